The number of aryl methyl sites for hydroxylation is 4. The van der Waals surface area contributed by atoms with Gasteiger partial charge in [-0.15, -0.1) is 0 Å². The van der Waals surface area contributed by atoms with Crippen molar-refractivity contribution in [3.63, 3.8) is 0 Å². The summed E-state index contributed by atoms with van der Waals surface area (Å²) in [5.74, 6) is 5.19. The number of benzene rings is 4. The average Bonchev–Trinajstić information content (AvgIpc) is 3.38. The number of phenolic OH excluding ortho intramolecular Hbond substituents is 2. The van der Waals surface area contributed by atoms with Gasteiger partial charge in [0.2, 0.25) is 0 Å². The zero-order chi connectivity index (χ0) is 40.0. The van der Waals surface area contributed by atoms with E-state index in [0.29, 0.717) is 33.5 Å². The van der Waals surface area contributed by atoms with E-state index in [1.807, 2.05) is 0 Å². The van der Waals surface area contributed by atoms with Crippen LogP contribution in [-0.2, 0) is 41.5 Å². The molecule has 4 aromatic rings. The molecule has 1 fully saturated rings. The molecule has 2 N–H and O–H groups in total. The summed E-state index contributed by atoms with van der Waals surface area (Å²) in [5, 5.41) is 25.4. The predicted molar refractivity (Wildman–Crippen MR) is 233 cm³/mol. The molecule has 296 valence electrons. The van der Waals surface area contributed by atoms with E-state index in [2.05, 4.69) is 132 Å². The van der Waals surface area contributed by atoms with Crippen LogP contribution >= 0.6 is 14.2 Å². The third kappa shape index (κ3) is 9.69. The first-order valence-corrected chi connectivity index (χ1v) is 29.1. The molecule has 4 nitrogen and oxygen atoms in total. The third-order valence-corrected chi connectivity index (χ3v) is 33.8. The zero-order valence-corrected chi connectivity index (χ0v) is 39.5. The van der Waals surface area contributed by atoms with Crippen LogP contribution in [0, 0.1) is 41.5 Å². The topological polar surface area (TPSA) is 58.9 Å². The summed E-state index contributed by atoms with van der Waals surface area (Å²) in [4.78, 5) is 0. The Morgan fingerprint density at radius 1 is 0.545 bits per heavy atom. The monoisotopic (exact) mass is 858 g/mol. The second-order valence-electron chi connectivity index (χ2n) is 18.3. The molecule has 1 heterocycles. The van der Waals surface area contributed by atoms with Gasteiger partial charge in [-0.2, -0.15) is 0 Å². The summed E-state index contributed by atoms with van der Waals surface area (Å²) < 4.78 is 13.1. The Morgan fingerprint density at radius 3 is 1.22 bits per heavy atom. The van der Waals surface area contributed by atoms with Gasteiger partial charge in [-0.05, 0) is 0 Å². The minimum atomic E-state index is -0.947. The number of hydrogen-bond donors (Lipinski definition) is 2. The molecule has 0 saturated heterocycles. The van der Waals surface area contributed by atoms with Crippen molar-refractivity contribution in [3.05, 3.63) is 104 Å². The van der Waals surface area contributed by atoms with E-state index in [4.69, 9.17) is 9.47 Å². The molecule has 7 heteroatoms. The van der Waals surface area contributed by atoms with E-state index < -0.39 is 19.2 Å². The Hall–Kier alpha value is -2.34. The summed E-state index contributed by atoms with van der Waals surface area (Å²) in [5.41, 5.74) is 11.7. The quantitative estimate of drug-likeness (QED) is 0.185. The molecule has 4 aromatic carbocycles. The molecule has 1 saturated carbocycles. The van der Waals surface area contributed by atoms with Gasteiger partial charge in [0, 0.05) is 0 Å². The third-order valence-electron chi connectivity index (χ3n) is 12.0. The molecular formula is C48H64O4S2Zr. The van der Waals surface area contributed by atoms with Crippen LogP contribution in [-0.4, -0.2) is 20.7 Å². The molecule has 4 atom stereocenters. The number of hydrogen-bond acceptors (Lipinski definition) is 4. The summed E-state index contributed by atoms with van der Waals surface area (Å²) >= 11 is -0.947. The average molecular weight is 860 g/mol. The van der Waals surface area contributed by atoms with Crippen molar-refractivity contribution in [1.29, 1.82) is 0 Å². The molecule has 0 amide bonds. The van der Waals surface area contributed by atoms with Crippen LogP contribution in [0.5, 0.6) is 34.5 Å². The van der Waals surface area contributed by atoms with Crippen LogP contribution in [0.2, 0.25) is 0 Å². The molecule has 1 aliphatic carbocycles. The van der Waals surface area contributed by atoms with Gasteiger partial charge in [-0.1, -0.05) is 0 Å². The molecule has 0 aromatic heterocycles. The van der Waals surface area contributed by atoms with E-state index in [1.54, 1.807) is 0 Å². The van der Waals surface area contributed by atoms with Crippen LogP contribution in [0.4, 0.5) is 0 Å². The van der Waals surface area contributed by atoms with Gasteiger partial charge >= 0.3 is 346 Å². The van der Waals surface area contributed by atoms with Gasteiger partial charge in [0.25, 0.3) is 0 Å². The summed E-state index contributed by atoms with van der Waals surface area (Å²) in [6.07, 6.45) is 7.83. The van der Waals surface area contributed by atoms with Crippen molar-refractivity contribution < 1.29 is 38.8 Å². The number of ether oxygens (including phenoxy) is 2. The zero-order valence-electron chi connectivity index (χ0n) is 35.5. The van der Waals surface area contributed by atoms with Crippen LogP contribution in [0.15, 0.2) is 48.5 Å². The molecule has 2 aliphatic rings. The van der Waals surface area contributed by atoms with Gasteiger partial charge < -0.3 is 0 Å². The first-order valence-electron chi connectivity index (χ1n) is 20.2. The van der Waals surface area contributed by atoms with E-state index >= 15 is 0 Å². The predicted octanol–water partition coefficient (Wildman–Crippen LogP) is 14.4. The van der Waals surface area contributed by atoms with Gasteiger partial charge in [-0.25, -0.2) is 0 Å². The molecule has 0 radical (unpaired) electrons. The molecule has 3 unspecified atom stereocenters. The van der Waals surface area contributed by atoms with Gasteiger partial charge in [0.15, 0.2) is 0 Å². The number of rotatable bonds is 8. The van der Waals surface area contributed by atoms with Crippen molar-refractivity contribution in [2.75, 3.05) is 0 Å². The van der Waals surface area contributed by atoms with E-state index in [0.717, 1.165) is 34.1 Å². The van der Waals surface area contributed by atoms with Crippen molar-refractivity contribution in [3.8, 4) is 34.5 Å². The number of aromatic hydroxyl groups is 2. The van der Waals surface area contributed by atoms with E-state index in [1.165, 1.54) is 83.0 Å². The van der Waals surface area contributed by atoms with E-state index in [-0.39, 0.29) is 25.1 Å². The van der Waals surface area contributed by atoms with Crippen LogP contribution in [0.25, 0.3) is 0 Å². The van der Waals surface area contributed by atoms with Crippen LogP contribution < -0.4 is 9.47 Å². The van der Waals surface area contributed by atoms with Crippen molar-refractivity contribution >= 4 is 14.2 Å². The fraction of sp³-hybridized carbons (Fsp3) is 0.500. The van der Waals surface area contributed by atoms with Crippen molar-refractivity contribution in [2.24, 2.45) is 0 Å². The first kappa shape index (κ1) is 42.3. The Kier molecular flexibility index (Phi) is 13.0. The molecule has 0 bridgehead atoms. The number of fused-ring (bicyclic) bond motifs is 1. The van der Waals surface area contributed by atoms with Gasteiger partial charge in [0.05, 0.1) is 0 Å². The second kappa shape index (κ2) is 16.9. The maximum absolute atomic E-state index is 12.0. The Morgan fingerprint density at radius 2 is 0.891 bits per heavy atom. The molecular weight excluding hydrogens is 796 g/mol. The fourth-order valence-electron chi connectivity index (χ4n) is 7.87. The molecule has 55 heavy (non-hydrogen) atoms. The molecule has 6 rings (SSSR count). The first-order chi connectivity index (χ1) is 25.8. The minimum absolute atomic E-state index is 0.0865. The Balaban J connectivity index is 1.42. The van der Waals surface area contributed by atoms with Gasteiger partial charge in [0.1, 0.15) is 0 Å². The van der Waals surface area contributed by atoms with Crippen LogP contribution in [0.1, 0.15) is 136 Å². The standard InChI is InChI=1S/C48H64O4S2.Zr/c1-29-19-39(20-30(2)33(29)5)51-41-25-37(47(7,8)9)23-35(45(41)49)27-53-43-17-15-13-14-16-18-44(43)54-28-36-24-38(48(10,11)12)26-42(46(36)50)52-40-21-31(3)34(6)32(4)22-40;/h19-26,43-44,49-50H,13-18,27-28H2,1-12H3;/t43-,44?;/m0./s1. The summed E-state index contributed by atoms with van der Waals surface area (Å²) in [6.45, 7) is 26.3. The second-order valence-corrected chi connectivity index (χ2v) is 33.9. The Bertz CT molecular complexity index is 1980. The summed E-state index contributed by atoms with van der Waals surface area (Å²) in [7, 11) is 0.505. The van der Waals surface area contributed by atoms with Gasteiger partial charge in [-0.3, -0.25) is 0 Å². The molecule has 1 aliphatic heterocycles. The number of phenols is 2. The van der Waals surface area contributed by atoms with E-state index in [9.17, 15) is 10.2 Å². The van der Waals surface area contributed by atoms with Crippen molar-refractivity contribution in [1.82, 2.24) is 0 Å². The van der Waals surface area contributed by atoms with Crippen molar-refractivity contribution in [2.45, 2.75) is 154 Å². The maximum atomic E-state index is 12.0. The SMILES string of the molecule is Cc1cc(Oc2cc(C(C)(C)C)cc(C[S]3=[Zr]=[S](Cc4cc(C(C)(C)C)cc(Oc5cc(C)c(C)c(C)c5)c4O)[C@H]4CCCCCCC43)c2O)cc(C)c1C. The normalized spacial score (nSPS) is 20.2. The Labute approximate surface area is 343 Å². The van der Waals surface area contributed by atoms with Crippen LogP contribution in [0.3, 0.4) is 0 Å². The molecule has 0 spiro atoms. The summed E-state index contributed by atoms with van der Waals surface area (Å²) in [6, 6.07) is 17.1. The fourth-order valence-corrected chi connectivity index (χ4v) is 36.8.